The smallest absolute Gasteiger partial charge is 0.112 e. The quantitative estimate of drug-likeness (QED) is 0.801. The third-order valence-electron chi connectivity index (χ3n) is 2.29. The largest absolute Gasteiger partial charge is 0.386 e. The fourth-order valence-corrected chi connectivity index (χ4v) is 1.75. The van der Waals surface area contributed by atoms with Gasteiger partial charge in [0.2, 0.25) is 0 Å². The topological polar surface area (TPSA) is 40.5 Å². The first-order chi connectivity index (χ1) is 6.08. The van der Waals surface area contributed by atoms with Crippen molar-refractivity contribution in [1.29, 1.82) is 0 Å². The molecule has 74 valence electrons. The zero-order chi connectivity index (χ0) is 9.90. The zero-order valence-corrected chi connectivity index (χ0v) is 9.29. The minimum Gasteiger partial charge on any atom is -0.386 e. The molecule has 0 fully saturated rings. The molecule has 0 radical (unpaired) electrons. The summed E-state index contributed by atoms with van der Waals surface area (Å²) in [4.78, 5) is 0. The second-order valence-corrected chi connectivity index (χ2v) is 4.34. The molecule has 0 bridgehead atoms. The lowest BCUT2D eigenvalue weighted by molar-refractivity contribution is -0.0227. The average molecular weight is 247 g/mol. The van der Waals surface area contributed by atoms with Crippen LogP contribution in [0.5, 0.6) is 0 Å². The molecule has 0 aromatic heterocycles. The first-order valence-corrected chi connectivity index (χ1v) is 5.35. The lowest BCUT2D eigenvalue weighted by Crippen LogP contribution is -2.40. The zero-order valence-electron chi connectivity index (χ0n) is 7.70. The first-order valence-electron chi connectivity index (χ1n) is 4.55. The first kappa shape index (κ1) is 11.0. The third-order valence-corrected chi connectivity index (χ3v) is 2.82. The summed E-state index contributed by atoms with van der Waals surface area (Å²) >= 11 is 3.25. The summed E-state index contributed by atoms with van der Waals surface area (Å²) in [7, 11) is 0. The van der Waals surface area contributed by atoms with E-state index in [0.29, 0.717) is 6.42 Å². The van der Waals surface area contributed by atoms with E-state index in [1.165, 1.54) is 0 Å². The van der Waals surface area contributed by atoms with Gasteiger partial charge in [-0.15, -0.1) is 0 Å². The lowest BCUT2D eigenvalue weighted by Gasteiger charge is -2.30. The van der Waals surface area contributed by atoms with Gasteiger partial charge in [-0.1, -0.05) is 35.7 Å². The van der Waals surface area contributed by atoms with Gasteiger partial charge in [0.25, 0.3) is 0 Å². The minimum absolute atomic E-state index is 0.609. The summed E-state index contributed by atoms with van der Waals surface area (Å²) in [5.74, 6) is 0. The average Bonchev–Trinajstić information content (AvgIpc) is 2.09. The van der Waals surface area contributed by atoms with Crippen molar-refractivity contribution in [3.63, 3.8) is 0 Å². The van der Waals surface area contributed by atoms with Gasteiger partial charge in [0.15, 0.2) is 0 Å². The lowest BCUT2D eigenvalue weighted by atomic mass is 9.87. The van der Waals surface area contributed by atoms with Crippen LogP contribution in [0.1, 0.15) is 26.2 Å². The molecule has 0 aromatic rings. The number of rotatable bonds is 3. The summed E-state index contributed by atoms with van der Waals surface area (Å²) in [6.45, 7) is 2.06. The van der Waals surface area contributed by atoms with Crippen molar-refractivity contribution in [2.24, 2.45) is 0 Å². The van der Waals surface area contributed by atoms with Crippen molar-refractivity contribution in [3.8, 4) is 0 Å². The van der Waals surface area contributed by atoms with Crippen molar-refractivity contribution in [2.75, 3.05) is 0 Å². The Bertz CT molecular complexity index is 235. The molecule has 2 N–H and O–H groups in total. The molecule has 2 atom stereocenters. The van der Waals surface area contributed by atoms with Gasteiger partial charge in [0.05, 0.1) is 0 Å². The maximum absolute atomic E-state index is 9.99. The molecule has 2 nitrogen and oxygen atoms in total. The molecule has 0 amide bonds. The highest BCUT2D eigenvalue weighted by Crippen LogP contribution is 2.28. The van der Waals surface area contributed by atoms with Crippen LogP contribution in [0.25, 0.3) is 0 Å². The van der Waals surface area contributed by atoms with E-state index in [0.717, 1.165) is 17.3 Å². The normalized spacial score (nSPS) is 33.2. The third kappa shape index (κ3) is 2.66. The second kappa shape index (κ2) is 4.40. The number of halogens is 1. The Hall–Kier alpha value is -0.120. The van der Waals surface area contributed by atoms with Crippen LogP contribution in [0.15, 0.2) is 22.7 Å². The van der Waals surface area contributed by atoms with E-state index in [1.54, 1.807) is 18.2 Å². The summed E-state index contributed by atoms with van der Waals surface area (Å²) in [5, 5.41) is 19.6. The van der Waals surface area contributed by atoms with Crippen molar-refractivity contribution >= 4 is 15.9 Å². The van der Waals surface area contributed by atoms with E-state index in [9.17, 15) is 10.2 Å². The molecule has 2 unspecified atom stereocenters. The highest BCUT2D eigenvalue weighted by atomic mass is 79.9. The number of unbranched alkanes of at least 4 members (excludes halogenated alkanes) is 1. The number of aliphatic hydroxyl groups excluding tert-OH is 1. The molecule has 1 aliphatic rings. The van der Waals surface area contributed by atoms with Crippen molar-refractivity contribution < 1.29 is 10.2 Å². The summed E-state index contributed by atoms with van der Waals surface area (Å²) in [6.07, 6.45) is 6.82. The predicted molar refractivity (Wildman–Crippen MR) is 56.6 cm³/mol. The fraction of sp³-hybridized carbons (Fsp3) is 0.600. The standard InChI is InChI=1S/C10H15BrO2/c1-2-3-5-10(13)6-4-8(11)7-9(10)12/h4,6-7,9,12-13H,2-3,5H2,1H3. The SMILES string of the molecule is CCCCC1(O)C=CC(Br)=CC1O. The van der Waals surface area contributed by atoms with E-state index in [-0.39, 0.29) is 0 Å². The molecular formula is C10H15BrO2. The van der Waals surface area contributed by atoms with Crippen molar-refractivity contribution in [1.82, 2.24) is 0 Å². The Morgan fingerprint density at radius 1 is 1.62 bits per heavy atom. The van der Waals surface area contributed by atoms with Gasteiger partial charge in [-0.2, -0.15) is 0 Å². The van der Waals surface area contributed by atoms with Gasteiger partial charge in [0.1, 0.15) is 11.7 Å². The maximum Gasteiger partial charge on any atom is 0.112 e. The number of hydrogen-bond donors (Lipinski definition) is 2. The van der Waals surface area contributed by atoms with E-state index >= 15 is 0 Å². The minimum atomic E-state index is -1.06. The molecule has 0 aromatic carbocycles. The molecule has 0 heterocycles. The number of allylic oxidation sites excluding steroid dienone is 2. The monoisotopic (exact) mass is 246 g/mol. The van der Waals surface area contributed by atoms with Gasteiger partial charge in [0, 0.05) is 4.48 Å². The Balaban J connectivity index is 2.65. The Morgan fingerprint density at radius 3 is 2.85 bits per heavy atom. The van der Waals surface area contributed by atoms with Gasteiger partial charge in [-0.25, -0.2) is 0 Å². The predicted octanol–water partition coefficient (Wildman–Crippen LogP) is 2.12. The van der Waals surface area contributed by atoms with E-state index in [1.807, 2.05) is 0 Å². The molecule has 3 heteroatoms. The van der Waals surface area contributed by atoms with Crippen molar-refractivity contribution in [3.05, 3.63) is 22.7 Å². The van der Waals surface area contributed by atoms with E-state index in [2.05, 4.69) is 22.9 Å². The number of aliphatic hydroxyl groups is 2. The van der Waals surface area contributed by atoms with E-state index in [4.69, 9.17) is 0 Å². The summed E-state index contributed by atoms with van der Waals surface area (Å²) in [5.41, 5.74) is -1.06. The van der Waals surface area contributed by atoms with Crippen LogP contribution in [0, 0.1) is 0 Å². The molecular weight excluding hydrogens is 232 g/mol. The van der Waals surface area contributed by atoms with Gasteiger partial charge in [-0.05, 0) is 24.6 Å². The van der Waals surface area contributed by atoms with Crippen molar-refractivity contribution in [2.45, 2.75) is 37.9 Å². The second-order valence-electron chi connectivity index (χ2n) is 3.42. The van der Waals surface area contributed by atoms with Gasteiger partial charge < -0.3 is 10.2 Å². The Labute approximate surface area is 87.1 Å². The summed E-state index contributed by atoms with van der Waals surface area (Å²) < 4.78 is 0.821. The van der Waals surface area contributed by atoms with E-state index < -0.39 is 11.7 Å². The highest BCUT2D eigenvalue weighted by Gasteiger charge is 2.32. The highest BCUT2D eigenvalue weighted by molar-refractivity contribution is 9.11. The Morgan fingerprint density at radius 2 is 2.31 bits per heavy atom. The van der Waals surface area contributed by atoms with Crippen LogP contribution in [-0.2, 0) is 0 Å². The van der Waals surface area contributed by atoms with Crippen LogP contribution in [0.3, 0.4) is 0 Å². The van der Waals surface area contributed by atoms with Crippen LogP contribution in [0.4, 0.5) is 0 Å². The fourth-order valence-electron chi connectivity index (χ4n) is 1.36. The molecule has 0 saturated heterocycles. The maximum atomic E-state index is 9.99. The molecule has 0 saturated carbocycles. The number of hydrogen-bond acceptors (Lipinski definition) is 2. The van der Waals surface area contributed by atoms with Crippen LogP contribution in [0.2, 0.25) is 0 Å². The molecule has 0 spiro atoms. The Kier molecular flexibility index (Phi) is 3.71. The molecule has 1 aliphatic carbocycles. The van der Waals surface area contributed by atoms with Crippen LogP contribution >= 0.6 is 15.9 Å². The molecule has 1 rings (SSSR count). The van der Waals surface area contributed by atoms with Gasteiger partial charge in [-0.3, -0.25) is 0 Å². The molecule has 0 aliphatic heterocycles. The van der Waals surface area contributed by atoms with Crippen LogP contribution in [-0.4, -0.2) is 21.9 Å². The molecule has 13 heavy (non-hydrogen) atoms. The summed E-state index contributed by atoms with van der Waals surface area (Å²) in [6, 6.07) is 0. The van der Waals surface area contributed by atoms with Crippen LogP contribution < -0.4 is 0 Å². The van der Waals surface area contributed by atoms with Gasteiger partial charge >= 0.3 is 0 Å².